The van der Waals surface area contributed by atoms with Crippen molar-refractivity contribution in [3.63, 3.8) is 0 Å². The minimum atomic E-state index is -0.622. The number of rotatable bonds is 6. The Bertz CT molecular complexity index is 1420. The molecule has 224 valence electrons. The lowest BCUT2D eigenvalue weighted by molar-refractivity contribution is -0.133. The highest BCUT2D eigenvalue weighted by molar-refractivity contribution is 5.94. The van der Waals surface area contributed by atoms with E-state index in [1.165, 1.54) is 18.2 Å². The smallest absolute Gasteiger partial charge is 0.254 e. The molecular weight excluding hydrogens is 561 g/mol. The van der Waals surface area contributed by atoms with Crippen molar-refractivity contribution in [3.05, 3.63) is 82.7 Å². The fourth-order valence-corrected chi connectivity index (χ4v) is 5.44. The Morgan fingerprint density at radius 1 is 1.10 bits per heavy atom. The van der Waals surface area contributed by atoms with E-state index in [9.17, 15) is 14.0 Å². The van der Waals surface area contributed by atoms with Crippen molar-refractivity contribution in [2.24, 2.45) is 5.73 Å². The predicted octanol–water partition coefficient (Wildman–Crippen LogP) is 5.55. The lowest BCUT2D eigenvalue weighted by Crippen LogP contribution is -2.40. The highest BCUT2D eigenvalue weighted by Gasteiger charge is 2.33. The second-order valence-corrected chi connectivity index (χ2v) is 10.3. The summed E-state index contributed by atoms with van der Waals surface area (Å²) >= 11 is 0. The van der Waals surface area contributed by atoms with Gasteiger partial charge in [0.25, 0.3) is 5.91 Å². The van der Waals surface area contributed by atoms with E-state index in [2.05, 4.69) is 5.32 Å². The zero-order valence-electron chi connectivity index (χ0n) is 23.7. The molecule has 0 aliphatic carbocycles. The molecule has 0 fully saturated rings. The molecule has 0 aromatic heterocycles. The van der Waals surface area contributed by atoms with Gasteiger partial charge in [-0.1, -0.05) is 18.6 Å². The number of hydrogen-bond acceptors (Lipinski definition) is 6. The van der Waals surface area contributed by atoms with Gasteiger partial charge in [0.05, 0.1) is 25.3 Å². The Morgan fingerprint density at radius 2 is 1.90 bits per heavy atom. The molecule has 8 bridgehead atoms. The number of benzene rings is 3. The molecule has 3 N–H and O–H groups in total. The van der Waals surface area contributed by atoms with Crippen LogP contribution in [0.25, 0.3) is 0 Å². The summed E-state index contributed by atoms with van der Waals surface area (Å²) < 4.78 is 32.2. The SMILES string of the molecule is COc1ccc2cc1OCCCNC(=O)c1cc(ccc1F)Oc1ccc3c(c1)CCN(C(=O)CCCCCN)C23.Cl. The fourth-order valence-electron chi connectivity index (χ4n) is 5.44. The number of halogens is 2. The summed E-state index contributed by atoms with van der Waals surface area (Å²) in [5.41, 5.74) is 8.54. The molecule has 3 heterocycles. The molecule has 8 nitrogen and oxygen atoms in total. The number of carbonyl (C=O) groups excluding carboxylic acids is 2. The van der Waals surface area contributed by atoms with Crippen LogP contribution in [0.15, 0.2) is 54.6 Å². The molecular formula is C32H37ClFN3O5. The van der Waals surface area contributed by atoms with Crippen molar-refractivity contribution in [2.75, 3.05) is 33.4 Å². The second kappa shape index (κ2) is 14.4. The van der Waals surface area contributed by atoms with E-state index in [0.29, 0.717) is 68.5 Å². The third kappa shape index (κ3) is 6.97. The first-order valence-electron chi connectivity index (χ1n) is 14.2. The summed E-state index contributed by atoms with van der Waals surface area (Å²) in [4.78, 5) is 28.2. The van der Waals surface area contributed by atoms with Gasteiger partial charge in [0, 0.05) is 19.5 Å². The van der Waals surface area contributed by atoms with Crippen LogP contribution in [0.1, 0.15) is 65.2 Å². The highest BCUT2D eigenvalue weighted by atomic mass is 35.5. The first kappa shape index (κ1) is 31.1. The maximum atomic E-state index is 14.5. The summed E-state index contributed by atoms with van der Waals surface area (Å²) in [7, 11) is 1.58. The number of nitrogens with zero attached hydrogens (tertiary/aromatic N) is 1. The van der Waals surface area contributed by atoms with E-state index >= 15 is 0 Å². The van der Waals surface area contributed by atoms with Crippen LogP contribution >= 0.6 is 12.4 Å². The molecule has 10 heteroatoms. The molecule has 0 saturated carbocycles. The Hall–Kier alpha value is -3.82. The van der Waals surface area contributed by atoms with Gasteiger partial charge in [-0.25, -0.2) is 4.39 Å². The predicted molar refractivity (Wildman–Crippen MR) is 160 cm³/mol. The van der Waals surface area contributed by atoms with Gasteiger partial charge in [-0.05, 0) is 91.4 Å². The van der Waals surface area contributed by atoms with Crippen LogP contribution in [-0.2, 0) is 11.2 Å². The van der Waals surface area contributed by atoms with Crippen LogP contribution in [0.3, 0.4) is 0 Å². The molecule has 6 rings (SSSR count). The monoisotopic (exact) mass is 597 g/mol. The largest absolute Gasteiger partial charge is 0.493 e. The Balaban J connectivity index is 0.00000405. The van der Waals surface area contributed by atoms with Gasteiger partial charge in [0.2, 0.25) is 5.91 Å². The number of nitrogens with one attached hydrogen (secondary N) is 1. The number of amides is 2. The van der Waals surface area contributed by atoms with E-state index in [4.69, 9.17) is 19.9 Å². The third-order valence-corrected chi connectivity index (χ3v) is 7.54. The average molecular weight is 598 g/mol. The maximum Gasteiger partial charge on any atom is 0.254 e. The van der Waals surface area contributed by atoms with Crippen LogP contribution < -0.4 is 25.3 Å². The van der Waals surface area contributed by atoms with Crippen molar-refractivity contribution in [2.45, 2.75) is 44.6 Å². The van der Waals surface area contributed by atoms with E-state index < -0.39 is 11.7 Å². The first-order valence-corrected chi connectivity index (χ1v) is 14.2. The van der Waals surface area contributed by atoms with Gasteiger partial charge in [-0.3, -0.25) is 9.59 Å². The van der Waals surface area contributed by atoms with Gasteiger partial charge >= 0.3 is 0 Å². The summed E-state index contributed by atoms with van der Waals surface area (Å²) in [6.45, 7) is 1.78. The number of fused-ring (bicyclic) bond motifs is 6. The Kier molecular flexibility index (Phi) is 10.7. The molecule has 2 amide bonds. The zero-order valence-corrected chi connectivity index (χ0v) is 24.5. The number of ether oxygens (including phenoxy) is 3. The zero-order chi connectivity index (χ0) is 28.8. The molecule has 3 aromatic rings. The van der Waals surface area contributed by atoms with Crippen molar-refractivity contribution in [1.29, 1.82) is 0 Å². The van der Waals surface area contributed by atoms with Gasteiger partial charge < -0.3 is 30.2 Å². The molecule has 3 aliphatic heterocycles. The quantitative estimate of drug-likeness (QED) is 0.361. The van der Waals surface area contributed by atoms with E-state index in [0.717, 1.165) is 36.0 Å². The van der Waals surface area contributed by atoms with Crippen LogP contribution in [0.2, 0.25) is 0 Å². The molecule has 0 saturated heterocycles. The summed E-state index contributed by atoms with van der Waals surface area (Å²) in [6.07, 6.45) is 4.24. The van der Waals surface area contributed by atoms with E-state index in [-0.39, 0.29) is 29.9 Å². The van der Waals surface area contributed by atoms with Gasteiger partial charge in [0.1, 0.15) is 17.3 Å². The average Bonchev–Trinajstić information content (AvgIpc) is 2.98. The van der Waals surface area contributed by atoms with Crippen molar-refractivity contribution in [3.8, 4) is 23.0 Å². The number of nitrogens with two attached hydrogens (primary N) is 1. The number of unbranched alkanes of at least 4 members (excludes halogenated alkanes) is 2. The minimum absolute atomic E-state index is 0. The normalized spacial score (nSPS) is 16.2. The lowest BCUT2D eigenvalue weighted by Gasteiger charge is -2.38. The highest BCUT2D eigenvalue weighted by Crippen LogP contribution is 2.41. The number of hydrogen-bond donors (Lipinski definition) is 2. The van der Waals surface area contributed by atoms with Crippen molar-refractivity contribution in [1.82, 2.24) is 10.2 Å². The first-order chi connectivity index (χ1) is 20.0. The topological polar surface area (TPSA) is 103 Å². The molecule has 3 aromatic carbocycles. The second-order valence-electron chi connectivity index (χ2n) is 10.3. The molecule has 1 atom stereocenters. The Morgan fingerprint density at radius 3 is 2.71 bits per heavy atom. The molecule has 1 unspecified atom stereocenters. The number of carbonyl (C=O) groups is 2. The van der Waals surface area contributed by atoms with Crippen LogP contribution in [0.4, 0.5) is 4.39 Å². The van der Waals surface area contributed by atoms with Crippen LogP contribution in [-0.4, -0.2) is 50.1 Å². The van der Waals surface area contributed by atoms with Crippen LogP contribution in [0, 0.1) is 5.82 Å². The molecule has 0 radical (unpaired) electrons. The molecule has 0 spiro atoms. The van der Waals surface area contributed by atoms with E-state index in [1.807, 2.05) is 41.3 Å². The van der Waals surface area contributed by atoms with Crippen molar-refractivity contribution < 1.29 is 28.2 Å². The van der Waals surface area contributed by atoms with Crippen LogP contribution in [0.5, 0.6) is 23.0 Å². The molecule has 3 aliphatic rings. The van der Waals surface area contributed by atoms with E-state index in [1.54, 1.807) is 7.11 Å². The van der Waals surface area contributed by atoms with Gasteiger partial charge in [-0.2, -0.15) is 0 Å². The summed E-state index contributed by atoms with van der Waals surface area (Å²) in [5.74, 6) is 1.03. The fraction of sp³-hybridized carbons (Fsp3) is 0.375. The summed E-state index contributed by atoms with van der Waals surface area (Å²) in [5, 5.41) is 2.75. The Labute approximate surface area is 251 Å². The minimum Gasteiger partial charge on any atom is -0.493 e. The maximum absolute atomic E-state index is 14.5. The number of methoxy groups -OCH3 is 1. The van der Waals surface area contributed by atoms with Gasteiger partial charge in [-0.15, -0.1) is 12.4 Å². The lowest BCUT2D eigenvalue weighted by atomic mass is 9.87. The van der Waals surface area contributed by atoms with Gasteiger partial charge in [0.15, 0.2) is 11.5 Å². The standard InChI is InChI=1S/C32H36FN3O5.ClH/c1-39-28-12-7-22-19-29(28)40-17-5-15-35-32(38)26-20-24(9-11-27(26)33)41-23-8-10-25-21(18-23)13-16-36(31(22)25)30(37)6-3-2-4-14-34;/h7-12,18-20,31H,2-6,13-17,34H2,1H3,(H,35,38);1H. The third-order valence-electron chi connectivity index (χ3n) is 7.54. The van der Waals surface area contributed by atoms with Crippen molar-refractivity contribution >= 4 is 24.2 Å². The molecule has 42 heavy (non-hydrogen) atoms. The summed E-state index contributed by atoms with van der Waals surface area (Å²) in [6, 6.07) is 15.4.